The van der Waals surface area contributed by atoms with Crippen LogP contribution in [-0.2, 0) is 11.2 Å². The molecule has 0 bridgehead atoms. The predicted octanol–water partition coefficient (Wildman–Crippen LogP) is 2.41. The number of urea groups is 1. The SMILES string of the molecule is CCCNC(=O)N1CCCN(C(=O)CCc2ccc(F)cc2)CC1. The second-order valence-corrected chi connectivity index (χ2v) is 6.08. The van der Waals surface area contributed by atoms with Gasteiger partial charge in [-0.15, -0.1) is 0 Å². The maximum Gasteiger partial charge on any atom is 0.317 e. The van der Waals surface area contributed by atoms with Crippen LogP contribution in [0, 0.1) is 5.82 Å². The molecule has 0 atom stereocenters. The van der Waals surface area contributed by atoms with Gasteiger partial charge in [0.25, 0.3) is 0 Å². The molecule has 1 aromatic rings. The number of carbonyl (C=O) groups is 2. The number of aryl methyl sites for hydroxylation is 1. The van der Waals surface area contributed by atoms with Crippen LogP contribution in [0.25, 0.3) is 0 Å². The Labute approximate surface area is 142 Å². The fraction of sp³-hybridized carbons (Fsp3) is 0.556. The lowest BCUT2D eigenvalue weighted by Crippen LogP contribution is -2.42. The van der Waals surface area contributed by atoms with Crippen LogP contribution in [0.2, 0.25) is 0 Å². The Hall–Kier alpha value is -2.11. The van der Waals surface area contributed by atoms with Crippen molar-refractivity contribution in [3.63, 3.8) is 0 Å². The summed E-state index contributed by atoms with van der Waals surface area (Å²) in [5, 5.41) is 2.88. The third-order valence-corrected chi connectivity index (χ3v) is 4.20. The lowest BCUT2D eigenvalue weighted by molar-refractivity contribution is -0.131. The summed E-state index contributed by atoms with van der Waals surface area (Å²) in [4.78, 5) is 28.0. The topological polar surface area (TPSA) is 52.7 Å². The molecule has 1 aliphatic rings. The second-order valence-electron chi connectivity index (χ2n) is 6.08. The van der Waals surface area contributed by atoms with Crippen LogP contribution in [0.5, 0.6) is 0 Å². The number of carbonyl (C=O) groups excluding carboxylic acids is 2. The van der Waals surface area contributed by atoms with E-state index >= 15 is 0 Å². The molecular formula is C18H26FN3O2. The van der Waals surface area contributed by atoms with Gasteiger partial charge in [-0.05, 0) is 37.0 Å². The smallest absolute Gasteiger partial charge is 0.317 e. The van der Waals surface area contributed by atoms with Gasteiger partial charge in [-0.25, -0.2) is 9.18 Å². The van der Waals surface area contributed by atoms with Gasteiger partial charge in [0.15, 0.2) is 0 Å². The van der Waals surface area contributed by atoms with Crippen LogP contribution in [-0.4, -0.2) is 54.5 Å². The van der Waals surface area contributed by atoms with Crippen molar-refractivity contribution in [2.45, 2.75) is 32.6 Å². The summed E-state index contributed by atoms with van der Waals surface area (Å²) in [5.74, 6) is -0.172. The lowest BCUT2D eigenvalue weighted by Gasteiger charge is -2.22. The number of hydrogen-bond donors (Lipinski definition) is 1. The van der Waals surface area contributed by atoms with Gasteiger partial charge in [-0.3, -0.25) is 4.79 Å². The molecule has 0 aliphatic carbocycles. The van der Waals surface area contributed by atoms with E-state index in [4.69, 9.17) is 0 Å². The molecule has 1 N–H and O–H groups in total. The van der Waals surface area contributed by atoms with Gasteiger partial charge in [0.1, 0.15) is 5.82 Å². The number of halogens is 1. The van der Waals surface area contributed by atoms with E-state index in [0.29, 0.717) is 45.6 Å². The molecule has 1 heterocycles. The standard InChI is InChI=1S/C18H26FN3O2/c1-2-10-20-18(24)22-12-3-11-21(13-14-22)17(23)9-6-15-4-7-16(19)8-5-15/h4-5,7-8H,2-3,6,9-14H2,1H3,(H,20,24). The molecular weight excluding hydrogens is 309 g/mol. The summed E-state index contributed by atoms with van der Waals surface area (Å²) in [6, 6.07) is 6.21. The average Bonchev–Trinajstić information content (AvgIpc) is 2.85. The third-order valence-electron chi connectivity index (χ3n) is 4.20. The Kier molecular flexibility index (Phi) is 7.03. The van der Waals surface area contributed by atoms with Crippen LogP contribution in [0.3, 0.4) is 0 Å². The summed E-state index contributed by atoms with van der Waals surface area (Å²) in [6.07, 6.45) is 2.72. The molecule has 0 saturated carbocycles. The second kappa shape index (κ2) is 9.25. The zero-order valence-electron chi connectivity index (χ0n) is 14.3. The summed E-state index contributed by atoms with van der Waals surface area (Å²) < 4.78 is 12.9. The van der Waals surface area contributed by atoms with Gasteiger partial charge >= 0.3 is 6.03 Å². The molecule has 1 fully saturated rings. The number of nitrogens with one attached hydrogen (secondary N) is 1. The fourth-order valence-electron chi connectivity index (χ4n) is 2.77. The van der Waals surface area contributed by atoms with E-state index in [1.807, 2.05) is 11.8 Å². The summed E-state index contributed by atoms with van der Waals surface area (Å²) in [5.41, 5.74) is 0.958. The minimum atomic E-state index is -0.265. The van der Waals surface area contributed by atoms with E-state index < -0.39 is 0 Å². The van der Waals surface area contributed by atoms with Gasteiger partial charge in [0.05, 0.1) is 0 Å². The summed E-state index contributed by atoms with van der Waals surface area (Å²) in [7, 11) is 0. The van der Waals surface area contributed by atoms with Crippen molar-refractivity contribution < 1.29 is 14.0 Å². The minimum Gasteiger partial charge on any atom is -0.341 e. The van der Waals surface area contributed by atoms with Gasteiger partial charge in [0, 0.05) is 39.1 Å². The Morgan fingerprint density at radius 2 is 1.75 bits per heavy atom. The maximum atomic E-state index is 12.9. The number of amides is 3. The maximum absolute atomic E-state index is 12.9. The zero-order chi connectivity index (χ0) is 17.4. The molecule has 3 amide bonds. The minimum absolute atomic E-state index is 0.0440. The van der Waals surface area contributed by atoms with Crippen molar-refractivity contribution in [3.05, 3.63) is 35.6 Å². The van der Waals surface area contributed by atoms with E-state index in [0.717, 1.165) is 18.4 Å². The van der Waals surface area contributed by atoms with Crippen molar-refractivity contribution in [1.82, 2.24) is 15.1 Å². The zero-order valence-corrected chi connectivity index (χ0v) is 14.3. The molecule has 0 unspecified atom stereocenters. The van der Waals surface area contributed by atoms with Crippen LogP contribution in [0.4, 0.5) is 9.18 Å². The monoisotopic (exact) mass is 335 g/mol. The molecule has 1 saturated heterocycles. The highest BCUT2D eigenvalue weighted by atomic mass is 19.1. The first-order valence-corrected chi connectivity index (χ1v) is 8.65. The molecule has 1 aromatic carbocycles. The molecule has 0 aromatic heterocycles. The molecule has 2 rings (SSSR count). The van der Waals surface area contributed by atoms with Crippen molar-refractivity contribution in [2.75, 3.05) is 32.7 Å². The van der Waals surface area contributed by atoms with Crippen LogP contribution in [0.1, 0.15) is 31.7 Å². The molecule has 0 radical (unpaired) electrons. The first-order valence-electron chi connectivity index (χ1n) is 8.65. The van der Waals surface area contributed by atoms with E-state index in [2.05, 4.69) is 5.32 Å². The third kappa shape index (κ3) is 5.51. The first-order chi connectivity index (χ1) is 11.6. The van der Waals surface area contributed by atoms with Crippen molar-refractivity contribution >= 4 is 11.9 Å². The van der Waals surface area contributed by atoms with Crippen LogP contribution in [0.15, 0.2) is 24.3 Å². The molecule has 0 spiro atoms. The van der Waals surface area contributed by atoms with E-state index in [9.17, 15) is 14.0 Å². The van der Waals surface area contributed by atoms with Crippen molar-refractivity contribution in [1.29, 1.82) is 0 Å². The van der Waals surface area contributed by atoms with Crippen molar-refractivity contribution in [2.24, 2.45) is 0 Å². The molecule has 1 aliphatic heterocycles. The van der Waals surface area contributed by atoms with E-state index in [-0.39, 0.29) is 17.8 Å². The lowest BCUT2D eigenvalue weighted by atomic mass is 10.1. The highest BCUT2D eigenvalue weighted by molar-refractivity contribution is 5.77. The Morgan fingerprint density at radius 1 is 1.08 bits per heavy atom. The number of nitrogens with zero attached hydrogens (tertiary/aromatic N) is 2. The van der Waals surface area contributed by atoms with Crippen molar-refractivity contribution in [3.8, 4) is 0 Å². The summed E-state index contributed by atoms with van der Waals surface area (Å²) >= 11 is 0. The Morgan fingerprint density at radius 3 is 2.46 bits per heavy atom. The fourth-order valence-corrected chi connectivity index (χ4v) is 2.77. The molecule has 5 nitrogen and oxygen atoms in total. The number of hydrogen-bond acceptors (Lipinski definition) is 2. The predicted molar refractivity (Wildman–Crippen MR) is 91.2 cm³/mol. The Bertz CT molecular complexity index is 548. The quantitative estimate of drug-likeness (QED) is 0.898. The normalized spacial score (nSPS) is 15.1. The van der Waals surface area contributed by atoms with E-state index in [1.54, 1.807) is 17.0 Å². The van der Waals surface area contributed by atoms with E-state index in [1.165, 1.54) is 12.1 Å². The average molecular weight is 335 g/mol. The van der Waals surface area contributed by atoms with Gasteiger partial charge in [-0.2, -0.15) is 0 Å². The first kappa shape index (κ1) is 18.2. The molecule has 6 heteroatoms. The summed E-state index contributed by atoms with van der Waals surface area (Å²) in [6.45, 7) is 5.19. The number of rotatable bonds is 5. The Balaban J connectivity index is 1.78. The molecule has 132 valence electrons. The van der Waals surface area contributed by atoms with Gasteiger partial charge < -0.3 is 15.1 Å². The highest BCUT2D eigenvalue weighted by Gasteiger charge is 2.21. The van der Waals surface area contributed by atoms with Gasteiger partial charge in [0.2, 0.25) is 5.91 Å². The number of benzene rings is 1. The molecule has 24 heavy (non-hydrogen) atoms. The van der Waals surface area contributed by atoms with Gasteiger partial charge in [-0.1, -0.05) is 19.1 Å². The van der Waals surface area contributed by atoms with Crippen LogP contribution < -0.4 is 5.32 Å². The van der Waals surface area contributed by atoms with Crippen LogP contribution >= 0.6 is 0 Å². The highest BCUT2D eigenvalue weighted by Crippen LogP contribution is 2.09. The largest absolute Gasteiger partial charge is 0.341 e.